The highest BCUT2D eigenvalue weighted by Gasteiger charge is 2.13. The highest BCUT2D eigenvalue weighted by molar-refractivity contribution is 6.17. The Kier molecular flexibility index (Phi) is 4.32. The molecule has 5 heteroatoms. The van der Waals surface area contributed by atoms with E-state index in [1.165, 1.54) is 18.2 Å². The van der Waals surface area contributed by atoms with Gasteiger partial charge in [0.1, 0.15) is 18.2 Å². The average molecular weight is 287 g/mol. The smallest absolute Gasteiger partial charge is 0.165 e. The van der Waals surface area contributed by atoms with E-state index in [0.717, 1.165) is 12.1 Å². The minimum absolute atomic E-state index is 0.0485. The minimum Gasteiger partial charge on any atom is -0.485 e. The number of para-hydroxylation sites is 1. The van der Waals surface area contributed by atoms with Crippen LogP contribution < -0.4 is 4.74 Å². The average Bonchev–Trinajstić information content (AvgIpc) is 2.39. The van der Waals surface area contributed by atoms with Crippen molar-refractivity contribution in [3.05, 3.63) is 65.0 Å². The molecule has 0 aromatic heterocycles. The molecule has 0 fully saturated rings. The Morgan fingerprint density at radius 3 is 2.11 bits per heavy atom. The molecule has 0 aliphatic rings. The maximum Gasteiger partial charge on any atom is 0.165 e. The summed E-state index contributed by atoms with van der Waals surface area (Å²) in [4.78, 5) is 0. The number of hydrogen-bond acceptors (Lipinski definition) is 1. The lowest BCUT2D eigenvalue weighted by Gasteiger charge is -2.11. The van der Waals surface area contributed by atoms with Gasteiger partial charge in [0.25, 0.3) is 0 Å². The van der Waals surface area contributed by atoms with Crippen LogP contribution in [0.4, 0.5) is 13.2 Å². The highest BCUT2D eigenvalue weighted by Crippen LogP contribution is 2.26. The Morgan fingerprint density at radius 2 is 1.47 bits per heavy atom. The van der Waals surface area contributed by atoms with Gasteiger partial charge < -0.3 is 4.74 Å². The molecule has 2 aromatic carbocycles. The van der Waals surface area contributed by atoms with Crippen LogP contribution in [-0.4, -0.2) is 0 Å². The summed E-state index contributed by atoms with van der Waals surface area (Å²) in [6, 6.07) is 7.76. The Balaban J connectivity index is 2.24. The SMILES string of the molecule is Fc1cccc(F)c1COc1c(F)cccc1CCl. The fourth-order valence-corrected chi connectivity index (χ4v) is 1.85. The number of hydrogen-bond donors (Lipinski definition) is 0. The van der Waals surface area contributed by atoms with Gasteiger partial charge in [0.15, 0.2) is 11.6 Å². The number of alkyl halides is 1. The zero-order valence-corrected chi connectivity index (χ0v) is 10.6. The molecule has 2 aromatic rings. The Labute approximate surface area is 113 Å². The second-order valence-electron chi connectivity index (χ2n) is 3.85. The first-order valence-corrected chi connectivity index (χ1v) is 6.06. The van der Waals surface area contributed by atoms with E-state index in [0.29, 0.717) is 5.56 Å². The number of ether oxygens (including phenoxy) is 1. The molecule has 0 radical (unpaired) electrons. The number of rotatable bonds is 4. The van der Waals surface area contributed by atoms with Crippen LogP contribution >= 0.6 is 11.6 Å². The summed E-state index contributed by atoms with van der Waals surface area (Å²) in [7, 11) is 0. The lowest BCUT2D eigenvalue weighted by molar-refractivity contribution is 0.276. The largest absolute Gasteiger partial charge is 0.485 e. The fraction of sp³-hybridized carbons (Fsp3) is 0.143. The molecular weight excluding hydrogens is 277 g/mol. The molecule has 0 heterocycles. The predicted molar refractivity (Wildman–Crippen MR) is 66.6 cm³/mol. The first kappa shape index (κ1) is 13.7. The molecule has 0 spiro atoms. The van der Waals surface area contributed by atoms with Crippen molar-refractivity contribution in [1.82, 2.24) is 0 Å². The van der Waals surface area contributed by atoms with Gasteiger partial charge in [0.2, 0.25) is 0 Å². The molecule has 0 amide bonds. The molecule has 0 saturated heterocycles. The third kappa shape index (κ3) is 3.01. The van der Waals surface area contributed by atoms with Crippen molar-refractivity contribution >= 4 is 11.6 Å². The van der Waals surface area contributed by atoms with Gasteiger partial charge in [-0.05, 0) is 18.2 Å². The van der Waals surface area contributed by atoms with Gasteiger partial charge in [-0.2, -0.15) is 0 Å². The standard InChI is InChI=1S/C14H10ClF3O/c15-7-9-3-1-6-13(18)14(9)19-8-10-11(16)4-2-5-12(10)17/h1-6H,7-8H2. The molecule has 100 valence electrons. The monoisotopic (exact) mass is 286 g/mol. The van der Waals surface area contributed by atoms with Gasteiger partial charge >= 0.3 is 0 Å². The summed E-state index contributed by atoms with van der Waals surface area (Å²) < 4.78 is 45.5. The van der Waals surface area contributed by atoms with Crippen molar-refractivity contribution in [1.29, 1.82) is 0 Å². The lowest BCUT2D eigenvalue weighted by atomic mass is 10.2. The third-order valence-corrected chi connectivity index (χ3v) is 2.90. The van der Waals surface area contributed by atoms with Crippen LogP contribution in [0.2, 0.25) is 0 Å². The zero-order chi connectivity index (χ0) is 13.8. The van der Waals surface area contributed by atoms with Gasteiger partial charge in [-0.15, -0.1) is 11.6 Å². The summed E-state index contributed by atoms with van der Waals surface area (Å²) in [6.07, 6.45) is 0. The molecule has 0 atom stereocenters. The van der Waals surface area contributed by atoms with Gasteiger partial charge in [0.05, 0.1) is 11.4 Å². The molecule has 1 nitrogen and oxygen atoms in total. The van der Waals surface area contributed by atoms with Gasteiger partial charge in [-0.1, -0.05) is 18.2 Å². The predicted octanol–water partition coefficient (Wildman–Crippen LogP) is 4.42. The summed E-state index contributed by atoms with van der Waals surface area (Å²) in [5.41, 5.74) is 0.185. The molecule has 0 bridgehead atoms. The molecule has 0 unspecified atom stereocenters. The van der Waals surface area contributed by atoms with E-state index in [4.69, 9.17) is 16.3 Å². The zero-order valence-electron chi connectivity index (χ0n) is 9.80. The quantitative estimate of drug-likeness (QED) is 0.756. The van der Waals surface area contributed by atoms with Crippen molar-refractivity contribution in [2.24, 2.45) is 0 Å². The summed E-state index contributed by atoms with van der Waals surface area (Å²) in [6.45, 7) is -0.399. The first-order valence-electron chi connectivity index (χ1n) is 5.52. The normalized spacial score (nSPS) is 10.5. The molecular formula is C14H10ClF3O. The molecule has 0 aliphatic heterocycles. The number of halogens is 4. The van der Waals surface area contributed by atoms with E-state index in [1.807, 2.05) is 0 Å². The van der Waals surface area contributed by atoms with E-state index in [1.54, 1.807) is 6.07 Å². The van der Waals surface area contributed by atoms with Crippen molar-refractivity contribution in [2.45, 2.75) is 12.5 Å². The highest BCUT2D eigenvalue weighted by atomic mass is 35.5. The third-order valence-electron chi connectivity index (χ3n) is 2.62. The van der Waals surface area contributed by atoms with Crippen LogP contribution in [0.1, 0.15) is 11.1 Å². The minimum atomic E-state index is -0.733. The molecule has 0 aliphatic carbocycles. The summed E-state index contributed by atoms with van der Waals surface area (Å²) in [5, 5.41) is 0. The first-order chi connectivity index (χ1) is 9.13. The molecule has 0 N–H and O–H groups in total. The lowest BCUT2D eigenvalue weighted by Crippen LogP contribution is -2.04. The van der Waals surface area contributed by atoms with E-state index < -0.39 is 24.1 Å². The van der Waals surface area contributed by atoms with Crippen molar-refractivity contribution in [2.75, 3.05) is 0 Å². The van der Waals surface area contributed by atoms with Gasteiger partial charge in [-0.3, -0.25) is 0 Å². The van der Waals surface area contributed by atoms with Crippen LogP contribution in [0, 0.1) is 17.5 Å². The maximum absolute atomic E-state index is 13.6. The van der Waals surface area contributed by atoms with E-state index in [9.17, 15) is 13.2 Å². The summed E-state index contributed by atoms with van der Waals surface area (Å²) in [5.74, 6) is -2.12. The second kappa shape index (κ2) is 5.97. The van der Waals surface area contributed by atoms with Crippen LogP contribution in [0.15, 0.2) is 36.4 Å². The van der Waals surface area contributed by atoms with Crippen molar-refractivity contribution in [3.8, 4) is 5.75 Å². The summed E-state index contributed by atoms with van der Waals surface area (Å²) >= 11 is 5.65. The topological polar surface area (TPSA) is 9.23 Å². The van der Waals surface area contributed by atoms with Crippen molar-refractivity contribution < 1.29 is 17.9 Å². The van der Waals surface area contributed by atoms with E-state index >= 15 is 0 Å². The van der Waals surface area contributed by atoms with E-state index in [2.05, 4.69) is 0 Å². The van der Waals surface area contributed by atoms with Crippen LogP contribution in [0.5, 0.6) is 5.75 Å². The fourth-order valence-electron chi connectivity index (χ4n) is 1.63. The Hall–Kier alpha value is -1.68. The van der Waals surface area contributed by atoms with Gasteiger partial charge in [0, 0.05) is 5.56 Å². The molecule has 0 saturated carbocycles. The van der Waals surface area contributed by atoms with E-state index in [-0.39, 0.29) is 17.2 Å². The Bertz CT molecular complexity index is 567. The van der Waals surface area contributed by atoms with Crippen molar-refractivity contribution in [3.63, 3.8) is 0 Å². The van der Waals surface area contributed by atoms with Crippen LogP contribution in [-0.2, 0) is 12.5 Å². The van der Waals surface area contributed by atoms with Gasteiger partial charge in [-0.25, -0.2) is 13.2 Å². The van der Waals surface area contributed by atoms with Crippen LogP contribution in [0.3, 0.4) is 0 Å². The molecule has 19 heavy (non-hydrogen) atoms. The van der Waals surface area contributed by atoms with Crippen LogP contribution in [0.25, 0.3) is 0 Å². The number of benzene rings is 2. The second-order valence-corrected chi connectivity index (χ2v) is 4.12. The Morgan fingerprint density at radius 1 is 0.895 bits per heavy atom. The maximum atomic E-state index is 13.6. The molecule has 2 rings (SSSR count).